The second kappa shape index (κ2) is 7.18. The highest BCUT2D eigenvalue weighted by Crippen LogP contribution is 2.11. The van der Waals surface area contributed by atoms with E-state index < -0.39 is 0 Å². The number of aromatic nitrogens is 1. The van der Waals surface area contributed by atoms with Crippen molar-refractivity contribution in [1.82, 2.24) is 14.8 Å². The Kier molecular flexibility index (Phi) is 5.28. The maximum Gasteiger partial charge on any atom is 0.272 e. The van der Waals surface area contributed by atoms with Gasteiger partial charge in [-0.3, -0.25) is 20.5 Å². The fourth-order valence-corrected chi connectivity index (χ4v) is 2.34. The van der Waals surface area contributed by atoms with Gasteiger partial charge in [-0.25, -0.2) is 0 Å². The average molecular weight is 279 g/mol. The molecular formula is C13H21N5O2. The van der Waals surface area contributed by atoms with Gasteiger partial charge < -0.3 is 15.4 Å². The molecule has 7 heteroatoms. The molecule has 2 heterocycles. The van der Waals surface area contributed by atoms with Crippen LogP contribution in [0.1, 0.15) is 16.9 Å². The summed E-state index contributed by atoms with van der Waals surface area (Å²) in [6.07, 6.45) is 2.47. The first-order chi connectivity index (χ1) is 9.74. The normalized spacial score (nSPS) is 16.8. The number of hydrogen-bond donors (Lipinski definition) is 3. The van der Waals surface area contributed by atoms with Gasteiger partial charge >= 0.3 is 0 Å². The first kappa shape index (κ1) is 14.7. The van der Waals surface area contributed by atoms with Crippen LogP contribution >= 0.6 is 0 Å². The minimum Gasteiger partial charge on any atom is -0.395 e. The fourth-order valence-electron chi connectivity index (χ4n) is 2.34. The largest absolute Gasteiger partial charge is 0.395 e. The molecular weight excluding hydrogens is 258 g/mol. The van der Waals surface area contributed by atoms with Gasteiger partial charge in [-0.05, 0) is 25.1 Å². The number of amides is 1. The van der Waals surface area contributed by atoms with Crippen molar-refractivity contribution in [3.63, 3.8) is 0 Å². The summed E-state index contributed by atoms with van der Waals surface area (Å²) in [6, 6.07) is 3.36. The number of aliphatic hydroxyl groups is 1. The molecule has 20 heavy (non-hydrogen) atoms. The predicted octanol–water partition coefficient (Wildman–Crippen LogP) is -0.493. The molecule has 0 spiro atoms. The van der Waals surface area contributed by atoms with Gasteiger partial charge in [0, 0.05) is 32.4 Å². The Balaban J connectivity index is 2.01. The fraction of sp³-hybridized carbons (Fsp3) is 0.538. The number of carbonyl (C=O) groups excluding carboxylic acids is 1. The van der Waals surface area contributed by atoms with Crippen LogP contribution in [0.15, 0.2) is 18.3 Å². The number of nitrogens with zero attached hydrogens (tertiary/aromatic N) is 3. The van der Waals surface area contributed by atoms with E-state index in [1.165, 1.54) is 0 Å². The van der Waals surface area contributed by atoms with Crippen molar-refractivity contribution in [2.45, 2.75) is 6.42 Å². The highest BCUT2D eigenvalue weighted by Gasteiger charge is 2.21. The number of nitrogen functional groups attached to an aromatic ring is 1. The van der Waals surface area contributed by atoms with E-state index in [1.54, 1.807) is 23.2 Å². The highest BCUT2D eigenvalue weighted by molar-refractivity contribution is 5.93. The minimum absolute atomic E-state index is 0.0760. The van der Waals surface area contributed by atoms with Crippen molar-refractivity contribution in [3.05, 3.63) is 24.0 Å². The van der Waals surface area contributed by atoms with Crippen molar-refractivity contribution < 1.29 is 9.90 Å². The molecule has 0 aromatic carbocycles. The molecule has 0 unspecified atom stereocenters. The first-order valence-electron chi connectivity index (χ1n) is 6.79. The summed E-state index contributed by atoms with van der Waals surface area (Å²) in [4.78, 5) is 20.5. The molecule has 1 amide bonds. The zero-order valence-electron chi connectivity index (χ0n) is 11.5. The Morgan fingerprint density at radius 2 is 2.25 bits per heavy atom. The zero-order valence-corrected chi connectivity index (χ0v) is 11.5. The standard InChI is InChI=1S/C13H21N5O2/c14-16-11-2-3-15-12(10-11)13(20)18-5-1-4-17(6-7-18)8-9-19/h2-3,10,19H,1,4-9,14H2,(H,15,16). The lowest BCUT2D eigenvalue weighted by atomic mass is 10.2. The number of carbonyl (C=O) groups is 1. The molecule has 1 aliphatic rings. The van der Waals surface area contributed by atoms with Crippen LogP contribution in [0.5, 0.6) is 0 Å². The minimum atomic E-state index is -0.0760. The van der Waals surface area contributed by atoms with Crippen LogP contribution in [-0.2, 0) is 0 Å². The van der Waals surface area contributed by atoms with Crippen molar-refractivity contribution in [2.24, 2.45) is 5.84 Å². The van der Waals surface area contributed by atoms with Crippen molar-refractivity contribution in [2.75, 3.05) is 44.8 Å². The van der Waals surface area contributed by atoms with E-state index in [1.807, 2.05) is 0 Å². The van der Waals surface area contributed by atoms with E-state index in [4.69, 9.17) is 10.9 Å². The summed E-state index contributed by atoms with van der Waals surface area (Å²) in [5.41, 5.74) is 3.58. The molecule has 0 aliphatic carbocycles. The maximum absolute atomic E-state index is 12.4. The van der Waals surface area contributed by atoms with Gasteiger partial charge in [0.2, 0.25) is 0 Å². The molecule has 1 aromatic rings. The van der Waals surface area contributed by atoms with Crippen LogP contribution < -0.4 is 11.3 Å². The third kappa shape index (κ3) is 3.66. The summed E-state index contributed by atoms with van der Waals surface area (Å²) in [6.45, 7) is 3.86. The quantitative estimate of drug-likeness (QED) is 0.508. The molecule has 7 nitrogen and oxygen atoms in total. The molecule has 110 valence electrons. The predicted molar refractivity (Wildman–Crippen MR) is 76.1 cm³/mol. The maximum atomic E-state index is 12.4. The third-order valence-corrected chi connectivity index (χ3v) is 3.44. The van der Waals surface area contributed by atoms with Crippen molar-refractivity contribution in [3.8, 4) is 0 Å². The van der Waals surface area contributed by atoms with Crippen LogP contribution in [0.3, 0.4) is 0 Å². The van der Waals surface area contributed by atoms with Crippen LogP contribution in [0, 0.1) is 0 Å². The average Bonchev–Trinajstić information content (AvgIpc) is 2.73. The van der Waals surface area contributed by atoms with E-state index in [-0.39, 0.29) is 12.5 Å². The molecule has 0 saturated carbocycles. The van der Waals surface area contributed by atoms with Gasteiger partial charge in [0.1, 0.15) is 5.69 Å². The number of nitrogens with one attached hydrogen (secondary N) is 1. The SMILES string of the molecule is NNc1ccnc(C(=O)N2CCCN(CCO)CC2)c1. The number of pyridine rings is 1. The van der Waals surface area contributed by atoms with E-state index in [0.717, 1.165) is 19.5 Å². The number of anilines is 1. The Morgan fingerprint density at radius 1 is 1.40 bits per heavy atom. The molecule has 1 saturated heterocycles. The molecule has 4 N–H and O–H groups in total. The van der Waals surface area contributed by atoms with Gasteiger partial charge in [-0.1, -0.05) is 0 Å². The first-order valence-corrected chi connectivity index (χ1v) is 6.79. The summed E-state index contributed by atoms with van der Waals surface area (Å²) in [5, 5.41) is 8.97. The number of β-amino-alcohol motifs (C(OH)–C–C–N with tert-alkyl or cyclic N) is 1. The van der Waals surface area contributed by atoms with Crippen LogP contribution in [0.25, 0.3) is 0 Å². The molecule has 1 aromatic heterocycles. The summed E-state index contributed by atoms with van der Waals surface area (Å²) >= 11 is 0. The number of aliphatic hydroxyl groups excluding tert-OH is 1. The van der Waals surface area contributed by atoms with Gasteiger partial charge in [0.25, 0.3) is 5.91 Å². The molecule has 0 atom stereocenters. The van der Waals surface area contributed by atoms with E-state index in [2.05, 4.69) is 15.3 Å². The second-order valence-corrected chi connectivity index (χ2v) is 4.79. The Labute approximate surface area is 118 Å². The summed E-state index contributed by atoms with van der Waals surface area (Å²) < 4.78 is 0. The zero-order chi connectivity index (χ0) is 14.4. The lowest BCUT2D eigenvalue weighted by molar-refractivity contribution is 0.0754. The van der Waals surface area contributed by atoms with Crippen LogP contribution in [0.2, 0.25) is 0 Å². The lowest BCUT2D eigenvalue weighted by Crippen LogP contribution is -2.36. The van der Waals surface area contributed by atoms with Crippen LogP contribution in [0.4, 0.5) is 5.69 Å². The van der Waals surface area contributed by atoms with E-state index >= 15 is 0 Å². The molecule has 1 aliphatic heterocycles. The Hall–Kier alpha value is -1.70. The van der Waals surface area contributed by atoms with Crippen molar-refractivity contribution in [1.29, 1.82) is 0 Å². The van der Waals surface area contributed by atoms with Crippen LogP contribution in [-0.4, -0.2) is 65.1 Å². The van der Waals surface area contributed by atoms with Crippen molar-refractivity contribution >= 4 is 11.6 Å². The van der Waals surface area contributed by atoms with E-state index in [0.29, 0.717) is 31.0 Å². The number of nitrogens with two attached hydrogens (primary N) is 1. The lowest BCUT2D eigenvalue weighted by Gasteiger charge is -2.21. The molecule has 0 radical (unpaired) electrons. The van der Waals surface area contributed by atoms with Gasteiger partial charge in [0.05, 0.1) is 12.3 Å². The smallest absolute Gasteiger partial charge is 0.272 e. The number of rotatable bonds is 4. The molecule has 2 rings (SSSR count). The van der Waals surface area contributed by atoms with E-state index in [9.17, 15) is 4.79 Å². The second-order valence-electron chi connectivity index (χ2n) is 4.79. The Morgan fingerprint density at radius 3 is 3.00 bits per heavy atom. The topological polar surface area (TPSA) is 94.7 Å². The number of hydrogen-bond acceptors (Lipinski definition) is 6. The third-order valence-electron chi connectivity index (χ3n) is 3.44. The van der Waals surface area contributed by atoms with Gasteiger partial charge in [-0.2, -0.15) is 0 Å². The Bertz CT molecular complexity index is 454. The molecule has 0 bridgehead atoms. The summed E-state index contributed by atoms with van der Waals surface area (Å²) in [7, 11) is 0. The monoisotopic (exact) mass is 279 g/mol. The van der Waals surface area contributed by atoms with Gasteiger partial charge in [0.15, 0.2) is 0 Å². The molecule has 1 fully saturated rings. The summed E-state index contributed by atoms with van der Waals surface area (Å²) in [5.74, 6) is 5.26. The van der Waals surface area contributed by atoms with Gasteiger partial charge in [-0.15, -0.1) is 0 Å². The highest BCUT2D eigenvalue weighted by atomic mass is 16.3. The number of hydrazine groups is 1.